The Morgan fingerprint density at radius 1 is 1.22 bits per heavy atom. The van der Waals surface area contributed by atoms with E-state index >= 15 is 0 Å². The third-order valence-corrected chi connectivity index (χ3v) is 3.41. The highest BCUT2D eigenvalue weighted by Gasteiger charge is 2.19. The smallest absolute Gasteiger partial charge is 0.0649 e. The van der Waals surface area contributed by atoms with Crippen LogP contribution in [0.25, 0.3) is 11.3 Å². The number of benzene rings is 1. The molecule has 0 spiro atoms. The van der Waals surface area contributed by atoms with Gasteiger partial charge in [-0.2, -0.15) is 5.10 Å². The van der Waals surface area contributed by atoms with Crippen molar-refractivity contribution >= 4 is 5.57 Å². The van der Waals surface area contributed by atoms with Gasteiger partial charge in [-0.1, -0.05) is 24.3 Å². The van der Waals surface area contributed by atoms with Crippen LogP contribution in [0.3, 0.4) is 0 Å². The molecule has 0 amide bonds. The van der Waals surface area contributed by atoms with Gasteiger partial charge in [0, 0.05) is 5.56 Å². The lowest BCUT2D eigenvalue weighted by molar-refractivity contribution is 0.343. The molecule has 0 unspecified atom stereocenters. The molecule has 1 aliphatic rings. The number of hydrogen-bond acceptors (Lipinski definition) is 2. The Bertz CT molecular complexity index is 569. The second kappa shape index (κ2) is 4.78. The number of allylic oxidation sites excluding steroid dienone is 1. The molecule has 0 atom stereocenters. The van der Waals surface area contributed by atoms with Crippen LogP contribution in [0.4, 0.5) is 0 Å². The first kappa shape index (κ1) is 11.2. The fraction of sp³-hybridized carbons (Fsp3) is 0.267. The summed E-state index contributed by atoms with van der Waals surface area (Å²) < 4.78 is 2.01. The first-order valence-electron chi connectivity index (χ1n) is 6.33. The fourth-order valence-electron chi connectivity index (χ4n) is 2.58. The van der Waals surface area contributed by atoms with Crippen molar-refractivity contribution in [2.24, 2.45) is 0 Å². The minimum Gasteiger partial charge on any atom is -0.392 e. The molecule has 0 radical (unpaired) electrons. The number of hydrogen-bond donors (Lipinski definition) is 1. The molecule has 0 aliphatic heterocycles. The lowest BCUT2D eigenvalue weighted by atomic mass is 9.92. The highest BCUT2D eigenvalue weighted by atomic mass is 16.2. The summed E-state index contributed by atoms with van der Waals surface area (Å²) in [5.41, 5.74) is 4.77. The average molecular weight is 240 g/mol. The summed E-state index contributed by atoms with van der Waals surface area (Å²) in [4.78, 5) is 0. The van der Waals surface area contributed by atoms with E-state index in [9.17, 15) is 0 Å². The Morgan fingerprint density at radius 3 is 2.83 bits per heavy atom. The predicted molar refractivity (Wildman–Crippen MR) is 71.6 cm³/mol. The van der Waals surface area contributed by atoms with Crippen molar-refractivity contribution in [2.45, 2.75) is 19.3 Å². The topological polar surface area (TPSA) is 38.1 Å². The van der Waals surface area contributed by atoms with E-state index in [-0.39, 0.29) is 6.61 Å². The zero-order chi connectivity index (χ0) is 12.4. The van der Waals surface area contributed by atoms with E-state index < -0.39 is 0 Å². The molecule has 92 valence electrons. The van der Waals surface area contributed by atoms with Gasteiger partial charge in [0.1, 0.15) is 0 Å². The highest BCUT2D eigenvalue weighted by molar-refractivity contribution is 5.69. The maximum absolute atomic E-state index is 9.06. The molecule has 1 heterocycles. The van der Waals surface area contributed by atoms with Crippen LogP contribution in [-0.2, 0) is 6.42 Å². The summed E-state index contributed by atoms with van der Waals surface area (Å²) in [6, 6.07) is 10.2. The number of aliphatic hydroxyl groups is 1. The van der Waals surface area contributed by atoms with Crippen molar-refractivity contribution in [3.8, 4) is 5.69 Å². The van der Waals surface area contributed by atoms with Crippen molar-refractivity contribution in [1.29, 1.82) is 0 Å². The summed E-state index contributed by atoms with van der Waals surface area (Å²) in [5.74, 6) is 0. The Labute approximate surface area is 106 Å². The van der Waals surface area contributed by atoms with Crippen molar-refractivity contribution in [3.63, 3.8) is 0 Å². The van der Waals surface area contributed by atoms with E-state index in [2.05, 4.69) is 17.2 Å². The first-order valence-corrected chi connectivity index (χ1v) is 6.33. The average Bonchev–Trinajstić information content (AvgIpc) is 2.85. The standard InChI is InChI=1S/C15H16N2O/c18-10-9-12-5-4-8-15-14(12)11-16-17(15)13-6-2-1-3-7-13/h1-3,6-7,9,11,18H,4-5,8,10H2/b12-9-. The Balaban J connectivity index is 2.08. The van der Waals surface area contributed by atoms with Crippen LogP contribution in [0.5, 0.6) is 0 Å². The van der Waals surface area contributed by atoms with E-state index in [4.69, 9.17) is 5.11 Å². The first-order chi connectivity index (χ1) is 8.90. The molecule has 3 rings (SSSR count). The van der Waals surface area contributed by atoms with E-state index in [1.54, 1.807) is 0 Å². The van der Waals surface area contributed by atoms with Gasteiger partial charge >= 0.3 is 0 Å². The zero-order valence-corrected chi connectivity index (χ0v) is 10.2. The second-order valence-corrected chi connectivity index (χ2v) is 4.52. The minimum atomic E-state index is 0.102. The highest BCUT2D eigenvalue weighted by Crippen LogP contribution is 2.31. The van der Waals surface area contributed by atoms with Crippen molar-refractivity contribution in [2.75, 3.05) is 6.61 Å². The van der Waals surface area contributed by atoms with Crippen LogP contribution < -0.4 is 0 Å². The van der Waals surface area contributed by atoms with E-state index in [0.29, 0.717) is 0 Å². The summed E-state index contributed by atoms with van der Waals surface area (Å²) >= 11 is 0. The number of aliphatic hydroxyl groups excluding tert-OH is 1. The van der Waals surface area contributed by atoms with Gasteiger partial charge in [-0.3, -0.25) is 0 Å². The summed E-state index contributed by atoms with van der Waals surface area (Å²) in [6.07, 6.45) is 7.02. The molecular formula is C15H16N2O. The van der Waals surface area contributed by atoms with Gasteiger partial charge in [0.2, 0.25) is 0 Å². The van der Waals surface area contributed by atoms with Gasteiger partial charge in [-0.15, -0.1) is 0 Å². The number of nitrogens with zero attached hydrogens (tertiary/aromatic N) is 2. The normalized spacial score (nSPS) is 16.8. The quantitative estimate of drug-likeness (QED) is 0.876. The van der Waals surface area contributed by atoms with Crippen LogP contribution >= 0.6 is 0 Å². The summed E-state index contributed by atoms with van der Waals surface area (Å²) in [5, 5.41) is 13.6. The van der Waals surface area contributed by atoms with Crippen LogP contribution in [0, 0.1) is 0 Å². The minimum absolute atomic E-state index is 0.102. The van der Waals surface area contributed by atoms with Gasteiger partial charge in [-0.25, -0.2) is 4.68 Å². The SMILES string of the molecule is OC/C=C1/CCCc2c1cnn2-c1ccccc1. The Kier molecular flexibility index (Phi) is 2.99. The number of aromatic nitrogens is 2. The molecule has 3 heteroatoms. The van der Waals surface area contributed by atoms with Crippen LogP contribution in [0.1, 0.15) is 24.1 Å². The van der Waals surface area contributed by atoms with Crippen molar-refractivity contribution in [3.05, 3.63) is 53.9 Å². The number of fused-ring (bicyclic) bond motifs is 1. The maximum atomic E-state index is 9.06. The molecular weight excluding hydrogens is 224 g/mol. The van der Waals surface area contributed by atoms with Crippen molar-refractivity contribution < 1.29 is 5.11 Å². The molecule has 1 aliphatic carbocycles. The molecule has 3 nitrogen and oxygen atoms in total. The lowest BCUT2D eigenvalue weighted by Gasteiger charge is -2.16. The van der Waals surface area contributed by atoms with Gasteiger partial charge < -0.3 is 5.11 Å². The zero-order valence-electron chi connectivity index (χ0n) is 10.2. The second-order valence-electron chi connectivity index (χ2n) is 4.52. The lowest BCUT2D eigenvalue weighted by Crippen LogP contribution is -2.07. The molecule has 1 aromatic heterocycles. The third kappa shape index (κ3) is 1.87. The Morgan fingerprint density at radius 2 is 2.06 bits per heavy atom. The summed E-state index contributed by atoms with van der Waals surface area (Å²) in [7, 11) is 0. The van der Waals surface area contributed by atoms with E-state index in [1.807, 2.05) is 35.2 Å². The molecule has 0 bridgehead atoms. The largest absolute Gasteiger partial charge is 0.392 e. The fourth-order valence-corrected chi connectivity index (χ4v) is 2.58. The van der Waals surface area contributed by atoms with Gasteiger partial charge in [-0.05, 0) is 37.0 Å². The number of rotatable bonds is 2. The molecule has 0 saturated carbocycles. The molecule has 1 N–H and O–H groups in total. The van der Waals surface area contributed by atoms with E-state index in [0.717, 1.165) is 24.9 Å². The van der Waals surface area contributed by atoms with Crippen LogP contribution in [0.15, 0.2) is 42.6 Å². The van der Waals surface area contributed by atoms with Crippen LogP contribution in [0.2, 0.25) is 0 Å². The van der Waals surface area contributed by atoms with Gasteiger partial charge in [0.15, 0.2) is 0 Å². The van der Waals surface area contributed by atoms with Gasteiger partial charge in [0.25, 0.3) is 0 Å². The Hall–Kier alpha value is -1.87. The monoisotopic (exact) mass is 240 g/mol. The number of para-hydroxylation sites is 1. The van der Waals surface area contributed by atoms with Crippen LogP contribution in [-0.4, -0.2) is 21.5 Å². The molecule has 18 heavy (non-hydrogen) atoms. The molecule has 2 aromatic rings. The summed E-state index contributed by atoms with van der Waals surface area (Å²) in [6.45, 7) is 0.102. The third-order valence-electron chi connectivity index (χ3n) is 3.41. The molecule has 0 saturated heterocycles. The van der Waals surface area contributed by atoms with Crippen molar-refractivity contribution in [1.82, 2.24) is 9.78 Å². The maximum Gasteiger partial charge on any atom is 0.0649 e. The molecule has 1 aromatic carbocycles. The predicted octanol–water partition coefficient (Wildman–Crippen LogP) is 2.58. The molecule has 0 fully saturated rings. The van der Waals surface area contributed by atoms with E-state index in [1.165, 1.54) is 16.8 Å². The van der Waals surface area contributed by atoms with Gasteiger partial charge in [0.05, 0.1) is 24.2 Å².